The number of hydrogen-bond donors (Lipinski definition) is 1. The Labute approximate surface area is 321 Å². The van der Waals surface area contributed by atoms with Crippen LogP contribution < -0.4 is 10.1 Å². The van der Waals surface area contributed by atoms with Gasteiger partial charge in [-0.1, -0.05) is 76.4 Å². The third-order valence-electron chi connectivity index (χ3n) is 9.34. The van der Waals surface area contributed by atoms with Crippen LogP contribution in [-0.2, 0) is 49.0 Å². The lowest BCUT2D eigenvalue weighted by Crippen LogP contribution is -2.52. The minimum absolute atomic E-state index is 0.0344. The maximum Gasteiger partial charge on any atom is 0.407 e. The number of unbranched alkanes of at least 4 members (excludes halogenated alkanes) is 3. The van der Waals surface area contributed by atoms with Gasteiger partial charge >= 0.3 is 13.7 Å². The minimum atomic E-state index is -4.17. The first-order valence-electron chi connectivity index (χ1n) is 19.2. The van der Waals surface area contributed by atoms with Gasteiger partial charge in [0.25, 0.3) is 0 Å². The van der Waals surface area contributed by atoms with Gasteiger partial charge < -0.3 is 38.0 Å². The highest BCUT2D eigenvalue weighted by molar-refractivity contribution is 7.89. The number of sulfonamides is 1. The lowest BCUT2D eigenvalue weighted by Gasteiger charge is -2.33. The highest BCUT2D eigenvalue weighted by atomic mass is 32.2. The highest BCUT2D eigenvalue weighted by Crippen LogP contribution is 2.50. The largest absolute Gasteiger partial charge is 0.497 e. The zero-order valence-corrected chi connectivity index (χ0v) is 33.8. The average molecular weight is 795 g/mol. The van der Waals surface area contributed by atoms with Crippen molar-refractivity contribution in [3.05, 3.63) is 72.1 Å². The molecule has 13 nitrogen and oxygen atoms in total. The molecule has 1 amide bonds. The summed E-state index contributed by atoms with van der Waals surface area (Å²) < 4.78 is 84.3. The number of amides is 1. The zero-order chi connectivity index (χ0) is 38.8. The topological polar surface area (TPSA) is 148 Å². The molecule has 5 atom stereocenters. The van der Waals surface area contributed by atoms with Crippen LogP contribution in [0.4, 0.5) is 4.79 Å². The van der Waals surface area contributed by atoms with Crippen LogP contribution in [0.5, 0.6) is 5.75 Å². The SMILES string of the molecule is CCCCOC(CN(C/C=C/P(=O)(OCCCC)OCCCC)S(=O)(=O)c1ccc(OC)cc1)C(Cc1ccccc1)NC(=O)OC1COC2OCCC12. The van der Waals surface area contributed by atoms with Crippen LogP contribution in [0.25, 0.3) is 0 Å². The van der Waals surface area contributed by atoms with Crippen molar-refractivity contribution in [3.8, 4) is 5.75 Å². The smallest absolute Gasteiger partial charge is 0.407 e. The Bertz CT molecular complexity index is 1560. The highest BCUT2D eigenvalue weighted by Gasteiger charge is 2.44. The first-order valence-corrected chi connectivity index (χ1v) is 22.2. The summed E-state index contributed by atoms with van der Waals surface area (Å²) in [6, 6.07) is 15.0. The van der Waals surface area contributed by atoms with E-state index in [0.717, 1.165) is 37.7 Å². The van der Waals surface area contributed by atoms with Crippen molar-refractivity contribution < 1.29 is 50.5 Å². The monoisotopic (exact) mass is 794 g/mol. The van der Waals surface area contributed by atoms with Gasteiger partial charge in [0, 0.05) is 25.5 Å². The van der Waals surface area contributed by atoms with Gasteiger partial charge in [-0.2, -0.15) is 4.31 Å². The Balaban J connectivity index is 1.66. The fourth-order valence-corrected chi connectivity index (χ4v) is 8.92. The van der Waals surface area contributed by atoms with E-state index in [-0.39, 0.29) is 50.0 Å². The number of methoxy groups -OCH3 is 1. The normalized spacial score (nSPS) is 19.9. The van der Waals surface area contributed by atoms with Crippen LogP contribution in [0.2, 0.25) is 0 Å². The Morgan fingerprint density at radius 3 is 2.28 bits per heavy atom. The molecule has 302 valence electrons. The maximum absolute atomic E-state index is 14.4. The molecule has 4 rings (SSSR count). The Hall–Kier alpha value is -2.81. The van der Waals surface area contributed by atoms with Crippen LogP contribution in [0.1, 0.15) is 71.3 Å². The first-order chi connectivity index (χ1) is 26.1. The Morgan fingerprint density at radius 1 is 0.963 bits per heavy atom. The standard InChI is InChI=1S/C39H59N2O11PS/c1-5-8-23-47-36(35(28-31-15-12-11-13-16-31)40-39(42)52-37-30-49-38-34(37)21-26-48-38)29-41(54(44,45)33-19-17-32(46-4)18-20-33)22-14-27-53(43,50-24-9-6-2)51-25-10-7-3/h11-20,27,34-38H,5-10,21-26,28-30H2,1-4H3,(H,40,42)/b27-14+. The summed E-state index contributed by atoms with van der Waals surface area (Å²) in [5.74, 6) is 1.80. The van der Waals surface area contributed by atoms with Crippen molar-refractivity contribution in [2.24, 2.45) is 5.92 Å². The molecule has 2 saturated heterocycles. The van der Waals surface area contributed by atoms with Crippen molar-refractivity contribution in [2.75, 3.05) is 53.2 Å². The fraction of sp³-hybridized carbons (Fsp3) is 0.615. The molecule has 1 N–H and O–H groups in total. The summed E-state index contributed by atoms with van der Waals surface area (Å²) in [5, 5.41) is 3.03. The third kappa shape index (κ3) is 13.4. The van der Waals surface area contributed by atoms with Gasteiger partial charge in [-0.25, -0.2) is 13.2 Å². The molecule has 5 unspecified atom stereocenters. The van der Waals surface area contributed by atoms with Gasteiger partial charge in [-0.05, 0) is 61.9 Å². The van der Waals surface area contributed by atoms with Gasteiger partial charge in [-0.15, -0.1) is 0 Å². The van der Waals surface area contributed by atoms with Gasteiger partial charge in [0.2, 0.25) is 10.0 Å². The minimum Gasteiger partial charge on any atom is -0.497 e. The number of fused-ring (bicyclic) bond motifs is 1. The van der Waals surface area contributed by atoms with Gasteiger partial charge in [0.05, 0.1) is 56.5 Å². The molecule has 0 aromatic heterocycles. The molecule has 54 heavy (non-hydrogen) atoms. The summed E-state index contributed by atoms with van der Waals surface area (Å²) in [7, 11) is -6.34. The lowest BCUT2D eigenvalue weighted by atomic mass is 10.0. The van der Waals surface area contributed by atoms with E-state index >= 15 is 0 Å². The molecule has 2 aliphatic rings. The van der Waals surface area contributed by atoms with E-state index < -0.39 is 42.0 Å². The van der Waals surface area contributed by atoms with Crippen LogP contribution >= 0.6 is 7.60 Å². The van der Waals surface area contributed by atoms with E-state index in [1.807, 2.05) is 51.1 Å². The zero-order valence-electron chi connectivity index (χ0n) is 32.1. The second-order valence-electron chi connectivity index (χ2n) is 13.5. The molecule has 0 radical (unpaired) electrons. The summed E-state index contributed by atoms with van der Waals surface area (Å²) >= 11 is 0. The summed E-state index contributed by atoms with van der Waals surface area (Å²) in [6.45, 7) is 7.32. The number of nitrogens with one attached hydrogen (secondary N) is 1. The summed E-state index contributed by atoms with van der Waals surface area (Å²) in [5.41, 5.74) is 0.916. The molecule has 0 saturated carbocycles. The number of carbonyl (C=O) groups is 1. The average Bonchev–Trinajstić information content (AvgIpc) is 3.79. The number of carbonyl (C=O) groups excluding carboxylic acids is 1. The molecule has 2 heterocycles. The number of hydrogen-bond acceptors (Lipinski definition) is 11. The molecule has 2 aliphatic heterocycles. The van der Waals surface area contributed by atoms with E-state index in [1.54, 1.807) is 12.1 Å². The Kier molecular flexibility index (Phi) is 18.4. The quantitative estimate of drug-likeness (QED) is 0.0797. The molecule has 0 spiro atoms. The van der Waals surface area contributed by atoms with Gasteiger partial charge in [0.15, 0.2) is 6.29 Å². The molecule has 2 aromatic rings. The van der Waals surface area contributed by atoms with E-state index in [2.05, 4.69) is 5.32 Å². The van der Waals surface area contributed by atoms with Gasteiger partial charge in [-0.3, -0.25) is 4.57 Å². The molecule has 2 aromatic carbocycles. The second kappa shape index (κ2) is 22.7. The van der Waals surface area contributed by atoms with E-state index in [0.29, 0.717) is 38.2 Å². The lowest BCUT2D eigenvalue weighted by molar-refractivity contribution is -0.0907. The number of alkyl carbamates (subject to hydrolysis) is 1. The summed E-state index contributed by atoms with van der Waals surface area (Å²) in [6.07, 6.45) is 4.91. The predicted octanol–water partition coefficient (Wildman–Crippen LogP) is 7.31. The van der Waals surface area contributed by atoms with E-state index in [1.165, 1.54) is 35.4 Å². The van der Waals surface area contributed by atoms with E-state index in [9.17, 15) is 17.8 Å². The third-order valence-corrected chi connectivity index (χ3v) is 12.8. The molecule has 0 aliphatic carbocycles. The Morgan fingerprint density at radius 2 is 1.63 bits per heavy atom. The first kappa shape index (κ1) is 43.9. The van der Waals surface area contributed by atoms with E-state index in [4.69, 9.17) is 32.7 Å². The number of nitrogens with zero attached hydrogens (tertiary/aromatic N) is 1. The van der Waals surface area contributed by atoms with Crippen molar-refractivity contribution in [1.82, 2.24) is 9.62 Å². The molecule has 15 heteroatoms. The number of rotatable bonds is 25. The molecule has 0 bridgehead atoms. The second-order valence-corrected chi connectivity index (χ2v) is 17.3. The van der Waals surface area contributed by atoms with Crippen molar-refractivity contribution >= 4 is 23.7 Å². The van der Waals surface area contributed by atoms with Crippen LogP contribution in [0, 0.1) is 5.92 Å². The van der Waals surface area contributed by atoms with Crippen LogP contribution in [0.15, 0.2) is 71.4 Å². The van der Waals surface area contributed by atoms with Crippen molar-refractivity contribution in [2.45, 2.75) is 102 Å². The number of ether oxygens (including phenoxy) is 5. The van der Waals surface area contributed by atoms with Crippen LogP contribution in [-0.4, -0.2) is 96.6 Å². The summed E-state index contributed by atoms with van der Waals surface area (Å²) in [4.78, 5) is 13.6. The predicted molar refractivity (Wildman–Crippen MR) is 206 cm³/mol. The van der Waals surface area contributed by atoms with Crippen molar-refractivity contribution in [3.63, 3.8) is 0 Å². The molecular formula is C39H59N2O11PS. The fourth-order valence-electron chi connectivity index (χ4n) is 6.15. The van der Waals surface area contributed by atoms with Crippen LogP contribution in [0.3, 0.4) is 0 Å². The van der Waals surface area contributed by atoms with Gasteiger partial charge in [0.1, 0.15) is 11.9 Å². The maximum atomic E-state index is 14.4. The number of benzene rings is 2. The molecule has 2 fully saturated rings. The molecular weight excluding hydrogens is 735 g/mol. The van der Waals surface area contributed by atoms with Crippen molar-refractivity contribution in [1.29, 1.82) is 0 Å².